The smallest absolute Gasteiger partial charge is 0.0916 e. The molecule has 0 aliphatic heterocycles. The first-order valence-electron chi connectivity index (χ1n) is 6.12. The highest BCUT2D eigenvalue weighted by atomic mass is 32.2. The Hall–Kier alpha value is -0.960. The first-order chi connectivity index (χ1) is 8.02. The van der Waals surface area contributed by atoms with Crippen LogP contribution in [-0.2, 0) is 0 Å². The summed E-state index contributed by atoms with van der Waals surface area (Å²) in [5.74, 6) is 0.858. The molecule has 2 nitrogen and oxygen atoms in total. The Morgan fingerprint density at radius 1 is 1.29 bits per heavy atom. The molecular formula is C14H22N2S. The predicted octanol–water partition coefficient (Wildman–Crippen LogP) is 4.01. The van der Waals surface area contributed by atoms with Gasteiger partial charge in [-0.3, -0.25) is 5.41 Å². The van der Waals surface area contributed by atoms with Crippen molar-refractivity contribution in [2.45, 2.75) is 49.7 Å². The van der Waals surface area contributed by atoms with Gasteiger partial charge in [0.2, 0.25) is 0 Å². The molecule has 0 heterocycles. The number of nitrogens with one attached hydrogen (secondary N) is 1. The summed E-state index contributed by atoms with van der Waals surface area (Å²) >= 11 is 1.82. The van der Waals surface area contributed by atoms with E-state index in [0.29, 0.717) is 17.6 Å². The lowest BCUT2D eigenvalue weighted by molar-refractivity contribution is 0.847. The molecule has 1 atom stereocenters. The van der Waals surface area contributed by atoms with E-state index in [0.717, 1.165) is 6.42 Å². The second kappa shape index (κ2) is 6.70. The average molecular weight is 250 g/mol. The summed E-state index contributed by atoms with van der Waals surface area (Å²) in [4.78, 5) is 1.27. The van der Waals surface area contributed by atoms with Crippen LogP contribution in [0.2, 0.25) is 0 Å². The number of nitrogens with two attached hydrogens (primary N) is 1. The van der Waals surface area contributed by atoms with Crippen LogP contribution in [0.5, 0.6) is 0 Å². The Bertz CT molecular complexity index is 357. The fraction of sp³-hybridized carbons (Fsp3) is 0.500. The topological polar surface area (TPSA) is 49.9 Å². The lowest BCUT2D eigenvalue weighted by Crippen LogP contribution is -2.16. The molecule has 3 heteroatoms. The molecule has 1 aromatic rings. The maximum atomic E-state index is 7.35. The summed E-state index contributed by atoms with van der Waals surface area (Å²) in [5, 5.41) is 7.76. The Balaban J connectivity index is 2.64. The van der Waals surface area contributed by atoms with E-state index < -0.39 is 0 Å². The molecule has 0 aliphatic carbocycles. The van der Waals surface area contributed by atoms with Crippen LogP contribution in [0.1, 0.15) is 45.1 Å². The third kappa shape index (κ3) is 4.82. The van der Waals surface area contributed by atoms with Crippen LogP contribution in [0.25, 0.3) is 0 Å². The van der Waals surface area contributed by atoms with E-state index in [1.165, 1.54) is 10.5 Å². The predicted molar refractivity (Wildman–Crippen MR) is 77.0 cm³/mol. The first kappa shape index (κ1) is 14.1. The normalized spacial score (nSPS) is 12.7. The number of benzene rings is 1. The Morgan fingerprint density at radius 2 is 1.88 bits per heavy atom. The fourth-order valence-corrected chi connectivity index (χ4v) is 2.75. The van der Waals surface area contributed by atoms with Crippen molar-refractivity contribution in [2.24, 2.45) is 5.73 Å². The Labute approximate surface area is 108 Å². The van der Waals surface area contributed by atoms with E-state index in [9.17, 15) is 0 Å². The van der Waals surface area contributed by atoms with Crippen LogP contribution in [0, 0.1) is 5.41 Å². The molecule has 0 saturated carbocycles. The van der Waals surface area contributed by atoms with Crippen LogP contribution in [0.3, 0.4) is 0 Å². The molecule has 1 unspecified atom stereocenters. The average Bonchev–Trinajstić information content (AvgIpc) is 2.28. The zero-order valence-corrected chi connectivity index (χ0v) is 11.7. The van der Waals surface area contributed by atoms with Crippen molar-refractivity contribution < 1.29 is 0 Å². The molecule has 0 spiro atoms. The van der Waals surface area contributed by atoms with Crippen molar-refractivity contribution in [1.29, 1.82) is 5.41 Å². The molecule has 1 rings (SSSR count). The molecule has 0 amide bonds. The van der Waals surface area contributed by atoms with Crippen molar-refractivity contribution in [2.75, 3.05) is 0 Å². The van der Waals surface area contributed by atoms with Gasteiger partial charge in [-0.1, -0.05) is 32.9 Å². The minimum absolute atomic E-state index is 0.281. The van der Waals surface area contributed by atoms with Gasteiger partial charge in [0.05, 0.1) is 5.84 Å². The standard InChI is InChI=1S/C14H22N2S/c1-4-12(9-14(15)16)17-13-7-5-11(6-8-13)10(2)3/h5-8,10,12H,4,9H2,1-3H3,(H3,15,16). The molecule has 0 fully saturated rings. The van der Waals surface area contributed by atoms with Gasteiger partial charge in [-0.15, -0.1) is 11.8 Å². The van der Waals surface area contributed by atoms with E-state index in [1.807, 2.05) is 11.8 Å². The van der Waals surface area contributed by atoms with Crippen molar-refractivity contribution >= 4 is 17.6 Å². The van der Waals surface area contributed by atoms with E-state index in [-0.39, 0.29) is 5.84 Å². The molecule has 17 heavy (non-hydrogen) atoms. The summed E-state index contributed by atoms with van der Waals surface area (Å²) in [5.41, 5.74) is 6.83. The SMILES string of the molecule is CCC(CC(=N)N)Sc1ccc(C(C)C)cc1. The van der Waals surface area contributed by atoms with Gasteiger partial charge in [0, 0.05) is 16.6 Å². The van der Waals surface area contributed by atoms with E-state index in [1.54, 1.807) is 0 Å². The van der Waals surface area contributed by atoms with Gasteiger partial charge in [-0.05, 0) is 30.0 Å². The molecule has 0 radical (unpaired) electrons. The zero-order chi connectivity index (χ0) is 12.8. The van der Waals surface area contributed by atoms with Crippen LogP contribution in [0.4, 0.5) is 0 Å². The Morgan fingerprint density at radius 3 is 2.29 bits per heavy atom. The second-order valence-electron chi connectivity index (χ2n) is 4.60. The maximum Gasteiger partial charge on any atom is 0.0916 e. The van der Waals surface area contributed by atoms with Gasteiger partial charge in [0.15, 0.2) is 0 Å². The first-order valence-corrected chi connectivity index (χ1v) is 7.00. The van der Waals surface area contributed by atoms with Gasteiger partial charge in [-0.25, -0.2) is 0 Å². The van der Waals surface area contributed by atoms with Crippen LogP contribution in [0.15, 0.2) is 29.2 Å². The van der Waals surface area contributed by atoms with Gasteiger partial charge in [-0.2, -0.15) is 0 Å². The summed E-state index contributed by atoms with van der Waals surface area (Å²) < 4.78 is 0. The van der Waals surface area contributed by atoms with Crippen molar-refractivity contribution in [3.05, 3.63) is 29.8 Å². The fourth-order valence-electron chi connectivity index (χ4n) is 1.64. The molecule has 1 aromatic carbocycles. The van der Waals surface area contributed by atoms with Gasteiger partial charge >= 0.3 is 0 Å². The summed E-state index contributed by atoms with van der Waals surface area (Å²) in [6, 6.07) is 8.71. The quantitative estimate of drug-likeness (QED) is 0.455. The third-order valence-electron chi connectivity index (χ3n) is 2.75. The second-order valence-corrected chi connectivity index (χ2v) is 5.97. The molecule has 3 N–H and O–H groups in total. The highest BCUT2D eigenvalue weighted by Gasteiger charge is 2.10. The van der Waals surface area contributed by atoms with Crippen molar-refractivity contribution in [3.63, 3.8) is 0 Å². The number of rotatable bonds is 6. The van der Waals surface area contributed by atoms with E-state index in [4.69, 9.17) is 11.1 Å². The van der Waals surface area contributed by atoms with Gasteiger partial charge < -0.3 is 5.73 Å². The molecule has 0 aliphatic rings. The molecule has 94 valence electrons. The largest absolute Gasteiger partial charge is 0.388 e. The number of amidine groups is 1. The number of hydrogen-bond acceptors (Lipinski definition) is 2. The lowest BCUT2D eigenvalue weighted by Gasteiger charge is -2.14. The number of hydrogen-bond donors (Lipinski definition) is 2. The van der Waals surface area contributed by atoms with Crippen LogP contribution >= 0.6 is 11.8 Å². The third-order valence-corrected chi connectivity index (χ3v) is 4.13. The minimum atomic E-state index is 0.281. The summed E-state index contributed by atoms with van der Waals surface area (Å²) in [6.07, 6.45) is 1.71. The summed E-state index contributed by atoms with van der Waals surface area (Å²) in [7, 11) is 0. The lowest BCUT2D eigenvalue weighted by atomic mass is 10.0. The highest BCUT2D eigenvalue weighted by Crippen LogP contribution is 2.28. The summed E-state index contributed by atoms with van der Waals surface area (Å²) in [6.45, 7) is 6.54. The Kier molecular flexibility index (Phi) is 5.56. The van der Waals surface area contributed by atoms with Crippen molar-refractivity contribution in [1.82, 2.24) is 0 Å². The zero-order valence-electron chi connectivity index (χ0n) is 10.9. The van der Waals surface area contributed by atoms with Crippen LogP contribution < -0.4 is 5.73 Å². The van der Waals surface area contributed by atoms with Gasteiger partial charge in [0.25, 0.3) is 0 Å². The molecule has 0 aromatic heterocycles. The minimum Gasteiger partial charge on any atom is -0.388 e. The maximum absolute atomic E-state index is 7.35. The van der Waals surface area contributed by atoms with Gasteiger partial charge in [0.1, 0.15) is 0 Å². The van der Waals surface area contributed by atoms with Crippen molar-refractivity contribution in [3.8, 4) is 0 Å². The monoisotopic (exact) mass is 250 g/mol. The van der Waals surface area contributed by atoms with Crippen LogP contribution in [-0.4, -0.2) is 11.1 Å². The van der Waals surface area contributed by atoms with E-state index in [2.05, 4.69) is 45.0 Å². The molecule has 0 saturated heterocycles. The molecular weight excluding hydrogens is 228 g/mol. The number of thioether (sulfide) groups is 1. The molecule has 0 bridgehead atoms. The highest BCUT2D eigenvalue weighted by molar-refractivity contribution is 8.00. The van der Waals surface area contributed by atoms with E-state index >= 15 is 0 Å².